The summed E-state index contributed by atoms with van der Waals surface area (Å²) in [4.78, 5) is 12.2. The molecule has 0 heterocycles. The lowest BCUT2D eigenvalue weighted by Crippen LogP contribution is -2.13. The van der Waals surface area contributed by atoms with Crippen LogP contribution in [-0.4, -0.2) is 12.5 Å². The zero-order valence-electron chi connectivity index (χ0n) is 13.0. The largest absolute Gasteiger partial charge is 0.454 e. The number of unbranched alkanes of at least 4 members (excludes halogenated alkanes) is 1. The van der Waals surface area contributed by atoms with Crippen LogP contribution in [0.2, 0.25) is 0 Å². The summed E-state index contributed by atoms with van der Waals surface area (Å²) < 4.78 is 5.98. The number of rotatable bonds is 8. The Morgan fingerprint density at radius 2 is 2.00 bits per heavy atom. The Morgan fingerprint density at radius 1 is 1.26 bits per heavy atom. The van der Waals surface area contributed by atoms with Crippen LogP contribution in [0.3, 0.4) is 0 Å². The Balaban J connectivity index is 2.40. The van der Waals surface area contributed by atoms with Crippen LogP contribution < -0.4 is 20.9 Å². The Hall–Kier alpha value is -2.18. The quantitative estimate of drug-likeness (QED) is 0.506. The number of hydrogen-bond acceptors (Lipinski definition) is 5. The molecule has 5 N–H and O–H groups in total. The first-order valence-corrected chi connectivity index (χ1v) is 8.35. The van der Waals surface area contributed by atoms with E-state index in [1.165, 1.54) is 0 Å². The molecule has 0 fully saturated rings. The van der Waals surface area contributed by atoms with E-state index < -0.39 is 5.91 Å². The molecule has 1 amide bonds. The highest BCUT2D eigenvalue weighted by Gasteiger charge is 2.15. The van der Waals surface area contributed by atoms with E-state index in [-0.39, 0.29) is 0 Å². The molecule has 0 aliphatic carbocycles. The maximum atomic E-state index is 11.5. The first-order valence-electron chi connectivity index (χ1n) is 7.47. The van der Waals surface area contributed by atoms with Crippen LogP contribution in [0.1, 0.15) is 30.1 Å². The van der Waals surface area contributed by atoms with E-state index >= 15 is 0 Å². The first kappa shape index (κ1) is 17.2. The molecular weight excluding hydrogens is 310 g/mol. The number of carbonyl (C=O) groups is 1. The molecule has 0 aliphatic heterocycles. The summed E-state index contributed by atoms with van der Waals surface area (Å²) in [7, 11) is 0. The normalized spacial score (nSPS) is 10.3. The standard InChI is InChI=1S/C17H21N3O2S/c1-2-3-9-20-14-10-12(17(18)21)11-15(23-19)16(14)22-13-7-5-4-6-8-13/h4-8,10-11,20H,2-3,9,19H2,1H3,(H2,18,21). The van der Waals surface area contributed by atoms with Gasteiger partial charge in [-0.05, 0) is 42.6 Å². The Kier molecular flexibility index (Phi) is 6.31. The molecular formula is C17H21N3O2S. The van der Waals surface area contributed by atoms with E-state index in [0.29, 0.717) is 27.6 Å². The zero-order chi connectivity index (χ0) is 16.7. The van der Waals surface area contributed by atoms with Crippen molar-refractivity contribution in [2.75, 3.05) is 11.9 Å². The third-order valence-electron chi connectivity index (χ3n) is 3.28. The lowest BCUT2D eigenvalue weighted by atomic mass is 10.1. The minimum Gasteiger partial charge on any atom is -0.454 e. The lowest BCUT2D eigenvalue weighted by molar-refractivity contribution is 0.1000. The van der Waals surface area contributed by atoms with Crippen LogP contribution in [0.15, 0.2) is 47.4 Å². The van der Waals surface area contributed by atoms with Crippen molar-refractivity contribution in [1.29, 1.82) is 0 Å². The molecule has 122 valence electrons. The van der Waals surface area contributed by atoms with Crippen molar-refractivity contribution in [3.63, 3.8) is 0 Å². The van der Waals surface area contributed by atoms with Crippen LogP contribution in [0.25, 0.3) is 0 Å². The number of nitrogens with one attached hydrogen (secondary N) is 1. The van der Waals surface area contributed by atoms with Gasteiger partial charge < -0.3 is 15.8 Å². The predicted molar refractivity (Wildman–Crippen MR) is 94.9 cm³/mol. The van der Waals surface area contributed by atoms with Crippen LogP contribution >= 0.6 is 11.9 Å². The molecule has 0 bridgehead atoms. The lowest BCUT2D eigenvalue weighted by Gasteiger charge is -2.17. The van der Waals surface area contributed by atoms with Crippen molar-refractivity contribution in [3.8, 4) is 11.5 Å². The molecule has 2 aromatic carbocycles. The summed E-state index contributed by atoms with van der Waals surface area (Å²) in [5, 5.41) is 9.06. The molecule has 0 aliphatic rings. The number of para-hydroxylation sites is 1. The van der Waals surface area contributed by atoms with Gasteiger partial charge in [0.05, 0.1) is 10.6 Å². The summed E-state index contributed by atoms with van der Waals surface area (Å²) in [6.45, 7) is 2.89. The van der Waals surface area contributed by atoms with Gasteiger partial charge in [-0.1, -0.05) is 31.5 Å². The fraction of sp³-hybridized carbons (Fsp3) is 0.235. The minimum absolute atomic E-state index is 0.400. The molecule has 2 rings (SSSR count). The molecule has 0 unspecified atom stereocenters. The minimum atomic E-state index is -0.495. The van der Waals surface area contributed by atoms with Crippen molar-refractivity contribution in [2.24, 2.45) is 10.9 Å². The van der Waals surface area contributed by atoms with Crippen molar-refractivity contribution >= 4 is 23.5 Å². The highest BCUT2D eigenvalue weighted by Crippen LogP contribution is 2.38. The maximum Gasteiger partial charge on any atom is 0.248 e. The number of carbonyl (C=O) groups excluding carboxylic acids is 1. The van der Waals surface area contributed by atoms with Gasteiger partial charge in [-0.2, -0.15) is 0 Å². The van der Waals surface area contributed by atoms with Gasteiger partial charge in [0.25, 0.3) is 0 Å². The summed E-state index contributed by atoms with van der Waals surface area (Å²) >= 11 is 1.03. The fourth-order valence-corrected chi connectivity index (χ4v) is 2.53. The third kappa shape index (κ3) is 4.64. The Bertz CT molecular complexity index is 662. The van der Waals surface area contributed by atoms with Gasteiger partial charge >= 0.3 is 0 Å². The number of primary amides is 1. The van der Waals surface area contributed by atoms with E-state index in [2.05, 4.69) is 12.2 Å². The van der Waals surface area contributed by atoms with Gasteiger partial charge in [0.15, 0.2) is 5.75 Å². The molecule has 5 nitrogen and oxygen atoms in total. The third-order valence-corrected chi connectivity index (χ3v) is 3.83. The van der Waals surface area contributed by atoms with Gasteiger partial charge in [-0.15, -0.1) is 0 Å². The molecule has 2 aromatic rings. The van der Waals surface area contributed by atoms with Crippen molar-refractivity contribution in [1.82, 2.24) is 0 Å². The van der Waals surface area contributed by atoms with Crippen molar-refractivity contribution in [2.45, 2.75) is 24.7 Å². The predicted octanol–water partition coefficient (Wildman–Crippen LogP) is 3.76. The highest BCUT2D eigenvalue weighted by atomic mass is 32.2. The summed E-state index contributed by atoms with van der Waals surface area (Å²) in [5.74, 6) is 0.808. The van der Waals surface area contributed by atoms with Crippen LogP contribution in [0, 0.1) is 0 Å². The summed E-state index contributed by atoms with van der Waals surface area (Å²) in [6, 6.07) is 12.8. The molecule has 0 atom stereocenters. The van der Waals surface area contributed by atoms with Gasteiger partial charge in [-0.3, -0.25) is 9.93 Å². The van der Waals surface area contributed by atoms with Gasteiger partial charge in [0.1, 0.15) is 5.75 Å². The SMILES string of the molecule is CCCCNc1cc(C(N)=O)cc(SN)c1Oc1ccccc1. The number of nitrogens with two attached hydrogens (primary N) is 2. The van der Waals surface area contributed by atoms with Crippen LogP contribution in [0.5, 0.6) is 11.5 Å². The molecule has 6 heteroatoms. The number of hydrogen-bond donors (Lipinski definition) is 3. The second kappa shape index (κ2) is 8.45. The van der Waals surface area contributed by atoms with E-state index in [9.17, 15) is 4.79 Å². The van der Waals surface area contributed by atoms with Gasteiger partial charge in [0, 0.05) is 12.1 Å². The molecule has 23 heavy (non-hydrogen) atoms. The van der Waals surface area contributed by atoms with Gasteiger partial charge in [0.2, 0.25) is 5.91 Å². The number of benzene rings is 2. The number of anilines is 1. The Labute approximate surface area is 140 Å². The monoisotopic (exact) mass is 331 g/mol. The Morgan fingerprint density at radius 3 is 2.61 bits per heavy atom. The summed E-state index contributed by atoms with van der Waals surface area (Å²) in [5.41, 5.74) is 6.52. The molecule has 0 aromatic heterocycles. The van der Waals surface area contributed by atoms with Gasteiger partial charge in [-0.25, -0.2) is 0 Å². The smallest absolute Gasteiger partial charge is 0.248 e. The topological polar surface area (TPSA) is 90.4 Å². The van der Waals surface area contributed by atoms with E-state index in [1.807, 2.05) is 30.3 Å². The molecule has 0 saturated heterocycles. The average molecular weight is 331 g/mol. The fourth-order valence-electron chi connectivity index (χ4n) is 2.07. The number of ether oxygens (including phenoxy) is 1. The van der Waals surface area contributed by atoms with E-state index in [4.69, 9.17) is 15.6 Å². The highest BCUT2D eigenvalue weighted by molar-refractivity contribution is 7.97. The summed E-state index contributed by atoms with van der Waals surface area (Å²) in [6.07, 6.45) is 2.08. The van der Waals surface area contributed by atoms with E-state index in [1.54, 1.807) is 12.1 Å². The number of amides is 1. The van der Waals surface area contributed by atoms with E-state index in [0.717, 1.165) is 31.3 Å². The second-order valence-electron chi connectivity index (χ2n) is 5.03. The molecule has 0 spiro atoms. The zero-order valence-corrected chi connectivity index (χ0v) is 13.9. The second-order valence-corrected chi connectivity index (χ2v) is 5.70. The van der Waals surface area contributed by atoms with Crippen LogP contribution in [-0.2, 0) is 0 Å². The molecule has 0 radical (unpaired) electrons. The first-order chi connectivity index (χ1) is 11.2. The van der Waals surface area contributed by atoms with Crippen LogP contribution in [0.4, 0.5) is 5.69 Å². The van der Waals surface area contributed by atoms with Crippen molar-refractivity contribution in [3.05, 3.63) is 48.0 Å². The average Bonchev–Trinajstić information content (AvgIpc) is 2.57. The van der Waals surface area contributed by atoms with Crippen molar-refractivity contribution < 1.29 is 9.53 Å². The maximum absolute atomic E-state index is 11.5. The molecule has 0 saturated carbocycles.